The molecule has 0 aliphatic carbocycles. The van der Waals surface area contributed by atoms with Crippen molar-refractivity contribution in [3.8, 4) is 67.5 Å². The zero-order valence-corrected chi connectivity index (χ0v) is 28.3. The SMILES string of the molecule is [2H]c1c([2H])c([2H])c(-c2nc(-c3ccc(-c4ccccc4)cc3)nc(-c3ccc4c(c3)oc3cccc(-c5ccc(-c6cccc7ccccc67)cc5)c34)n2)c([2H])c1[2H]. The number of fused-ring (bicyclic) bond motifs is 4. The van der Waals surface area contributed by atoms with Gasteiger partial charge in [-0.3, -0.25) is 0 Å². The molecule has 53 heavy (non-hydrogen) atoms. The van der Waals surface area contributed by atoms with Gasteiger partial charge in [0.1, 0.15) is 11.2 Å². The van der Waals surface area contributed by atoms with Gasteiger partial charge in [-0.25, -0.2) is 15.0 Å². The number of nitrogens with zero attached hydrogens (tertiary/aromatic N) is 3. The molecule has 0 aliphatic heterocycles. The quantitative estimate of drug-likeness (QED) is 0.175. The summed E-state index contributed by atoms with van der Waals surface area (Å²) in [5.41, 5.74) is 9.06. The molecule has 0 amide bonds. The van der Waals surface area contributed by atoms with E-state index in [0.717, 1.165) is 44.2 Å². The fourth-order valence-corrected chi connectivity index (χ4v) is 7.06. The number of hydrogen-bond acceptors (Lipinski definition) is 4. The highest BCUT2D eigenvalue weighted by Crippen LogP contribution is 2.39. The van der Waals surface area contributed by atoms with Crippen molar-refractivity contribution >= 4 is 32.7 Å². The zero-order valence-electron chi connectivity index (χ0n) is 33.3. The Balaban J connectivity index is 1.08. The van der Waals surface area contributed by atoms with Crippen molar-refractivity contribution in [2.45, 2.75) is 0 Å². The van der Waals surface area contributed by atoms with Gasteiger partial charge in [0.05, 0.1) is 6.85 Å². The maximum absolute atomic E-state index is 8.71. The summed E-state index contributed by atoms with van der Waals surface area (Å²) in [5, 5.41) is 4.32. The van der Waals surface area contributed by atoms with Gasteiger partial charge in [0, 0.05) is 27.5 Å². The fourth-order valence-electron chi connectivity index (χ4n) is 7.06. The number of hydrogen-bond donors (Lipinski definition) is 0. The van der Waals surface area contributed by atoms with Crippen LogP contribution < -0.4 is 0 Å². The summed E-state index contributed by atoms with van der Waals surface area (Å²) >= 11 is 0. The third kappa shape index (κ3) is 5.63. The van der Waals surface area contributed by atoms with Gasteiger partial charge in [-0.05, 0) is 62.4 Å². The van der Waals surface area contributed by atoms with Gasteiger partial charge in [0.2, 0.25) is 0 Å². The number of aromatic nitrogens is 3. The average molecular weight is 683 g/mol. The molecule has 4 heteroatoms. The van der Waals surface area contributed by atoms with E-state index in [2.05, 4.69) is 72.8 Å². The van der Waals surface area contributed by atoms with Crippen LogP contribution in [-0.4, -0.2) is 15.0 Å². The molecular formula is C49H31N3O. The van der Waals surface area contributed by atoms with Gasteiger partial charge in [-0.15, -0.1) is 0 Å². The Kier molecular flexibility index (Phi) is 6.24. The first-order chi connectivity index (χ1) is 28.3. The van der Waals surface area contributed by atoms with Gasteiger partial charge < -0.3 is 4.42 Å². The second kappa shape index (κ2) is 12.9. The Morgan fingerprint density at radius 3 is 1.74 bits per heavy atom. The van der Waals surface area contributed by atoms with E-state index in [1.165, 1.54) is 16.3 Å². The summed E-state index contributed by atoms with van der Waals surface area (Å²) in [4.78, 5) is 14.3. The van der Waals surface area contributed by atoms with E-state index in [9.17, 15) is 0 Å². The van der Waals surface area contributed by atoms with Crippen LogP contribution in [0.15, 0.2) is 192 Å². The van der Waals surface area contributed by atoms with E-state index in [-0.39, 0.29) is 29.3 Å². The van der Waals surface area contributed by atoms with E-state index >= 15 is 0 Å². The number of furan rings is 1. The molecule has 0 N–H and O–H groups in total. The van der Waals surface area contributed by atoms with Gasteiger partial charge in [0.25, 0.3) is 0 Å². The summed E-state index contributed by atoms with van der Waals surface area (Å²) < 4.78 is 48.7. The highest BCUT2D eigenvalue weighted by molar-refractivity contribution is 6.13. The van der Waals surface area contributed by atoms with E-state index in [0.29, 0.717) is 22.5 Å². The van der Waals surface area contributed by atoms with Crippen molar-refractivity contribution < 1.29 is 11.3 Å². The monoisotopic (exact) mass is 682 g/mol. The van der Waals surface area contributed by atoms with Crippen molar-refractivity contribution in [1.82, 2.24) is 15.0 Å². The lowest BCUT2D eigenvalue weighted by molar-refractivity contribution is 0.669. The molecule has 10 aromatic rings. The standard InChI is InChI=1S/C49H31N3O/c1-3-11-32(12-4-1)33-21-27-38(28-22-33)48-50-47(37-14-5-2-6-15-37)51-49(52-48)39-29-30-43-45(31-39)53-44-20-10-19-42(46(43)44)36-25-23-35(24-26-36)41-18-9-16-34-13-7-8-17-40(34)41/h1-31H/i2D,5D,6D,14D,15D. The van der Waals surface area contributed by atoms with E-state index < -0.39 is 18.1 Å². The van der Waals surface area contributed by atoms with Gasteiger partial charge in [0.15, 0.2) is 17.5 Å². The topological polar surface area (TPSA) is 51.8 Å². The lowest BCUT2D eigenvalue weighted by Crippen LogP contribution is -2.00. The van der Waals surface area contributed by atoms with Crippen LogP contribution in [0.2, 0.25) is 0 Å². The van der Waals surface area contributed by atoms with Crippen molar-refractivity contribution in [2.75, 3.05) is 0 Å². The Hall–Kier alpha value is -7.17. The fraction of sp³-hybridized carbons (Fsp3) is 0. The highest BCUT2D eigenvalue weighted by atomic mass is 16.3. The van der Waals surface area contributed by atoms with Crippen molar-refractivity contribution in [1.29, 1.82) is 0 Å². The van der Waals surface area contributed by atoms with Crippen molar-refractivity contribution in [3.63, 3.8) is 0 Å². The molecule has 0 saturated carbocycles. The second-order valence-corrected chi connectivity index (χ2v) is 12.8. The largest absolute Gasteiger partial charge is 0.456 e. The Bertz CT molecular complexity index is 3190. The third-order valence-corrected chi connectivity index (χ3v) is 9.66. The van der Waals surface area contributed by atoms with Crippen molar-refractivity contribution in [3.05, 3.63) is 188 Å². The van der Waals surface area contributed by atoms with Gasteiger partial charge in [-0.2, -0.15) is 0 Å². The Labute approximate surface area is 313 Å². The maximum Gasteiger partial charge on any atom is 0.164 e. The molecule has 0 saturated heterocycles. The molecule has 248 valence electrons. The lowest BCUT2D eigenvalue weighted by Gasteiger charge is -2.10. The molecule has 4 nitrogen and oxygen atoms in total. The average Bonchev–Trinajstić information content (AvgIpc) is 3.66. The predicted molar refractivity (Wildman–Crippen MR) is 217 cm³/mol. The first-order valence-corrected chi connectivity index (χ1v) is 17.4. The molecule has 2 heterocycles. The first kappa shape index (κ1) is 25.7. The van der Waals surface area contributed by atoms with Gasteiger partial charge >= 0.3 is 0 Å². The highest BCUT2D eigenvalue weighted by Gasteiger charge is 2.17. The van der Waals surface area contributed by atoms with Crippen LogP contribution in [0.25, 0.3) is 100 Å². The molecule has 0 radical (unpaired) electrons. The molecule has 0 fully saturated rings. The van der Waals surface area contributed by atoms with Crippen LogP contribution in [0.3, 0.4) is 0 Å². The lowest BCUT2D eigenvalue weighted by atomic mass is 9.94. The van der Waals surface area contributed by atoms with Crippen molar-refractivity contribution in [2.24, 2.45) is 0 Å². The molecule has 0 aliphatic rings. The number of rotatable bonds is 6. The zero-order chi connectivity index (χ0) is 39.5. The predicted octanol–water partition coefficient (Wildman–Crippen LogP) is 12.9. The minimum atomic E-state index is -0.486. The Morgan fingerprint density at radius 2 is 0.943 bits per heavy atom. The minimum Gasteiger partial charge on any atom is -0.456 e. The first-order valence-electron chi connectivity index (χ1n) is 19.9. The molecule has 8 aromatic carbocycles. The summed E-state index contributed by atoms with van der Waals surface area (Å²) in [6, 6.07) is 50.9. The minimum absolute atomic E-state index is 0.0249. The van der Waals surface area contributed by atoms with E-state index in [4.69, 9.17) is 26.2 Å². The van der Waals surface area contributed by atoms with Crippen LogP contribution in [0.1, 0.15) is 6.85 Å². The Morgan fingerprint density at radius 1 is 0.377 bits per heavy atom. The second-order valence-electron chi connectivity index (χ2n) is 12.8. The van der Waals surface area contributed by atoms with Gasteiger partial charge in [-0.1, -0.05) is 170 Å². The third-order valence-electron chi connectivity index (χ3n) is 9.66. The van der Waals surface area contributed by atoms with Crippen LogP contribution in [0.4, 0.5) is 0 Å². The van der Waals surface area contributed by atoms with Crippen LogP contribution in [0, 0.1) is 0 Å². The summed E-state index contributed by atoms with van der Waals surface area (Å²) in [6.45, 7) is 0. The molecular weight excluding hydrogens is 647 g/mol. The summed E-state index contributed by atoms with van der Waals surface area (Å²) in [6.07, 6.45) is 0. The summed E-state index contributed by atoms with van der Waals surface area (Å²) in [5.74, 6) is 0.541. The van der Waals surface area contributed by atoms with Crippen LogP contribution in [-0.2, 0) is 0 Å². The maximum atomic E-state index is 8.71. The van der Waals surface area contributed by atoms with E-state index in [1.54, 1.807) is 0 Å². The molecule has 0 unspecified atom stereocenters. The number of benzene rings is 8. The summed E-state index contributed by atoms with van der Waals surface area (Å²) in [7, 11) is 0. The van der Waals surface area contributed by atoms with Crippen LogP contribution in [0.5, 0.6) is 0 Å². The smallest absolute Gasteiger partial charge is 0.164 e. The normalized spacial score (nSPS) is 12.7. The molecule has 10 rings (SSSR count). The van der Waals surface area contributed by atoms with E-state index in [1.807, 2.05) is 84.9 Å². The molecule has 0 atom stereocenters. The molecule has 0 spiro atoms. The molecule has 2 aromatic heterocycles. The molecule has 0 bridgehead atoms. The van der Waals surface area contributed by atoms with Crippen LogP contribution >= 0.6 is 0 Å².